The number of hydrogen-bond donors (Lipinski definition) is 1. The summed E-state index contributed by atoms with van der Waals surface area (Å²) in [5.41, 5.74) is 2.87. The molecule has 0 aliphatic carbocycles. The number of hydrogen-bond acceptors (Lipinski definition) is 6. The maximum Gasteiger partial charge on any atom is 0.313 e. The van der Waals surface area contributed by atoms with Gasteiger partial charge in [-0.3, -0.25) is 9.69 Å². The highest BCUT2D eigenvalue weighted by atomic mass is 35.5. The maximum absolute atomic E-state index is 13.9. The van der Waals surface area contributed by atoms with Crippen LogP contribution in [0.1, 0.15) is 30.5 Å². The molecular formula is C28H32ClFN4O2. The second kappa shape index (κ2) is 12.3. The summed E-state index contributed by atoms with van der Waals surface area (Å²) in [5.74, 6) is 0.507. The van der Waals surface area contributed by atoms with Gasteiger partial charge in [-0.1, -0.05) is 55.8 Å². The average Bonchev–Trinajstić information content (AvgIpc) is 2.87. The van der Waals surface area contributed by atoms with Gasteiger partial charge in [0.15, 0.2) is 11.6 Å². The number of esters is 1. The first-order valence-corrected chi connectivity index (χ1v) is 12.6. The predicted octanol–water partition coefficient (Wildman–Crippen LogP) is 5.05. The maximum atomic E-state index is 13.9. The molecule has 0 spiro atoms. The van der Waals surface area contributed by atoms with Gasteiger partial charge in [0.05, 0.1) is 5.92 Å². The third kappa shape index (κ3) is 6.81. The van der Waals surface area contributed by atoms with E-state index in [4.69, 9.17) is 16.3 Å². The number of carbonyl (C=O) groups is 1. The summed E-state index contributed by atoms with van der Waals surface area (Å²) >= 11 is 6.10. The van der Waals surface area contributed by atoms with Crippen LogP contribution in [0.2, 0.25) is 5.02 Å². The Kier molecular flexibility index (Phi) is 8.91. The summed E-state index contributed by atoms with van der Waals surface area (Å²) in [7, 11) is 0. The summed E-state index contributed by atoms with van der Waals surface area (Å²) in [4.78, 5) is 21.1. The van der Waals surface area contributed by atoms with Gasteiger partial charge in [-0.25, -0.2) is 9.37 Å². The molecule has 2 heterocycles. The molecule has 3 aromatic rings. The number of halogens is 2. The fourth-order valence-corrected chi connectivity index (χ4v) is 4.33. The van der Waals surface area contributed by atoms with Gasteiger partial charge >= 0.3 is 5.97 Å². The average molecular weight is 511 g/mol. The van der Waals surface area contributed by atoms with Crippen LogP contribution in [0.4, 0.5) is 10.2 Å². The third-order valence-electron chi connectivity index (χ3n) is 6.23. The van der Waals surface area contributed by atoms with Crippen LogP contribution in [0, 0.1) is 11.7 Å². The van der Waals surface area contributed by atoms with E-state index in [-0.39, 0.29) is 17.7 Å². The van der Waals surface area contributed by atoms with Crippen LogP contribution in [-0.2, 0) is 24.4 Å². The molecular weight excluding hydrogens is 479 g/mol. The Bertz CT molecular complexity index is 1140. The van der Waals surface area contributed by atoms with Crippen LogP contribution >= 0.6 is 11.6 Å². The zero-order valence-corrected chi connectivity index (χ0v) is 21.5. The lowest BCUT2D eigenvalue weighted by Crippen LogP contribution is -2.46. The van der Waals surface area contributed by atoms with Crippen molar-refractivity contribution in [1.29, 1.82) is 0 Å². The van der Waals surface area contributed by atoms with E-state index in [1.165, 1.54) is 11.6 Å². The van der Waals surface area contributed by atoms with Gasteiger partial charge in [0.2, 0.25) is 0 Å². The summed E-state index contributed by atoms with van der Waals surface area (Å²) in [6, 6.07) is 16.8. The molecule has 1 aromatic heterocycles. The lowest BCUT2D eigenvalue weighted by Gasteiger charge is -2.35. The zero-order valence-electron chi connectivity index (χ0n) is 20.7. The Labute approximate surface area is 217 Å². The molecule has 0 saturated carbocycles. The van der Waals surface area contributed by atoms with Gasteiger partial charge in [0, 0.05) is 62.6 Å². The predicted molar refractivity (Wildman–Crippen MR) is 141 cm³/mol. The normalized spacial score (nSPS) is 14.3. The Morgan fingerprint density at radius 1 is 1.03 bits per heavy atom. The van der Waals surface area contributed by atoms with Crippen molar-refractivity contribution in [2.45, 2.75) is 33.5 Å². The first kappa shape index (κ1) is 26.1. The zero-order chi connectivity index (χ0) is 25.5. The highest BCUT2D eigenvalue weighted by Gasteiger charge is 2.22. The van der Waals surface area contributed by atoms with Crippen LogP contribution in [-0.4, -0.2) is 42.0 Å². The number of nitrogens with one attached hydrogen (secondary N) is 1. The molecule has 0 radical (unpaired) electrons. The minimum absolute atomic E-state index is 0.192. The minimum Gasteiger partial charge on any atom is -0.422 e. The van der Waals surface area contributed by atoms with E-state index in [0.717, 1.165) is 44.1 Å². The highest BCUT2D eigenvalue weighted by molar-refractivity contribution is 6.31. The van der Waals surface area contributed by atoms with Crippen LogP contribution in [0.5, 0.6) is 5.75 Å². The Balaban J connectivity index is 1.26. The molecule has 1 aliphatic rings. The summed E-state index contributed by atoms with van der Waals surface area (Å²) in [6.07, 6.45) is 1.73. The molecule has 190 valence electrons. The lowest BCUT2D eigenvalue weighted by molar-refractivity contribution is -0.137. The number of ether oxygens (including phenoxy) is 1. The summed E-state index contributed by atoms with van der Waals surface area (Å²) in [5, 5.41) is 3.70. The molecule has 0 amide bonds. The Hall–Kier alpha value is -3.00. The first-order valence-electron chi connectivity index (χ1n) is 12.3. The third-order valence-corrected chi connectivity index (χ3v) is 6.58. The van der Waals surface area contributed by atoms with E-state index < -0.39 is 0 Å². The van der Waals surface area contributed by atoms with Gasteiger partial charge in [0.1, 0.15) is 5.82 Å². The largest absolute Gasteiger partial charge is 0.422 e. The molecule has 8 heteroatoms. The number of rotatable bonds is 9. The van der Waals surface area contributed by atoms with E-state index in [9.17, 15) is 9.18 Å². The van der Waals surface area contributed by atoms with Gasteiger partial charge < -0.3 is 15.0 Å². The van der Waals surface area contributed by atoms with Crippen LogP contribution < -0.4 is 15.0 Å². The monoisotopic (exact) mass is 510 g/mol. The fourth-order valence-electron chi connectivity index (χ4n) is 4.10. The van der Waals surface area contributed by atoms with Gasteiger partial charge in [-0.15, -0.1) is 0 Å². The number of nitrogens with zero attached hydrogens (tertiary/aromatic N) is 3. The summed E-state index contributed by atoms with van der Waals surface area (Å²) < 4.78 is 19.5. The number of pyridine rings is 1. The Morgan fingerprint density at radius 2 is 1.75 bits per heavy atom. The van der Waals surface area contributed by atoms with Crippen molar-refractivity contribution < 1.29 is 13.9 Å². The van der Waals surface area contributed by atoms with Crippen LogP contribution in [0.15, 0.2) is 60.8 Å². The molecule has 0 bridgehead atoms. The molecule has 1 saturated heterocycles. The first-order chi connectivity index (χ1) is 17.4. The fraction of sp³-hybridized carbons (Fsp3) is 0.357. The van der Waals surface area contributed by atoms with Gasteiger partial charge in [-0.2, -0.15) is 0 Å². The van der Waals surface area contributed by atoms with E-state index in [1.54, 1.807) is 30.5 Å². The smallest absolute Gasteiger partial charge is 0.313 e. The lowest BCUT2D eigenvalue weighted by atomic mass is 10.1. The van der Waals surface area contributed by atoms with E-state index in [1.807, 2.05) is 13.8 Å². The quantitative estimate of drug-likeness (QED) is 0.407. The van der Waals surface area contributed by atoms with Crippen molar-refractivity contribution in [1.82, 2.24) is 15.2 Å². The number of piperazine rings is 1. The van der Waals surface area contributed by atoms with E-state index >= 15 is 0 Å². The summed E-state index contributed by atoms with van der Waals surface area (Å²) in [6.45, 7) is 8.92. The van der Waals surface area contributed by atoms with E-state index in [0.29, 0.717) is 29.4 Å². The second-order valence-electron chi connectivity index (χ2n) is 9.28. The van der Waals surface area contributed by atoms with Crippen molar-refractivity contribution in [3.05, 3.63) is 88.3 Å². The van der Waals surface area contributed by atoms with E-state index in [2.05, 4.69) is 44.4 Å². The van der Waals surface area contributed by atoms with Crippen molar-refractivity contribution in [2.75, 3.05) is 31.1 Å². The van der Waals surface area contributed by atoms with Gasteiger partial charge in [-0.05, 0) is 35.4 Å². The molecule has 6 nitrogen and oxygen atoms in total. The number of benzene rings is 2. The van der Waals surface area contributed by atoms with Crippen molar-refractivity contribution in [2.24, 2.45) is 5.92 Å². The van der Waals surface area contributed by atoms with Crippen molar-refractivity contribution in [3.63, 3.8) is 0 Å². The highest BCUT2D eigenvalue weighted by Crippen LogP contribution is 2.27. The van der Waals surface area contributed by atoms with Gasteiger partial charge in [0.25, 0.3) is 0 Å². The molecule has 0 unspecified atom stereocenters. The topological polar surface area (TPSA) is 57.7 Å². The minimum atomic E-state index is -0.290. The molecule has 4 rings (SSSR count). The second-order valence-corrected chi connectivity index (χ2v) is 9.69. The SMILES string of the molecule is CC(C)C(=O)Oc1cccnc1N1CCN(Cc2ccc(CNCc3c(F)cccc3Cl)cc2)CC1. The standard InChI is InChI=1S/C28H32ClFN4O2/c1-20(2)28(35)36-26-7-4-12-32-27(26)34-15-13-33(14-16-34)19-22-10-8-21(9-11-22)17-31-18-23-24(29)5-3-6-25(23)30/h3-12,20,31H,13-19H2,1-2H3. The number of carbonyl (C=O) groups excluding carboxylic acids is 1. The van der Waals surface area contributed by atoms with Crippen LogP contribution in [0.3, 0.4) is 0 Å². The van der Waals surface area contributed by atoms with Crippen LogP contribution in [0.25, 0.3) is 0 Å². The molecule has 2 aromatic carbocycles. The Morgan fingerprint density at radius 3 is 2.44 bits per heavy atom. The molecule has 1 N–H and O–H groups in total. The molecule has 36 heavy (non-hydrogen) atoms. The van der Waals surface area contributed by atoms with Crippen molar-refractivity contribution >= 4 is 23.4 Å². The molecule has 1 aliphatic heterocycles. The molecule has 0 atom stereocenters. The molecule has 1 fully saturated rings. The number of aromatic nitrogens is 1. The number of anilines is 1. The van der Waals surface area contributed by atoms with Crippen molar-refractivity contribution in [3.8, 4) is 5.75 Å².